The van der Waals surface area contributed by atoms with Crippen LogP contribution < -0.4 is 10.1 Å². The number of ether oxygens (including phenoxy) is 1. The Kier molecular flexibility index (Phi) is 5.72. The Hall–Kier alpha value is -3.55. The lowest BCUT2D eigenvalue weighted by atomic mass is 10.0. The molecule has 0 saturated carbocycles. The van der Waals surface area contributed by atoms with Gasteiger partial charge in [0.25, 0.3) is 0 Å². The van der Waals surface area contributed by atoms with Crippen molar-refractivity contribution in [1.29, 1.82) is 0 Å². The molecule has 3 rings (SSSR count). The molecule has 0 atom stereocenters. The maximum atomic E-state index is 12.8. The number of rotatable bonds is 6. The minimum atomic E-state index is -4.39. The van der Waals surface area contributed by atoms with Crippen LogP contribution >= 0.6 is 0 Å². The van der Waals surface area contributed by atoms with Gasteiger partial charge in [0, 0.05) is 18.3 Å². The molecule has 8 heteroatoms. The highest BCUT2D eigenvalue weighted by Gasteiger charge is 2.30. The smallest absolute Gasteiger partial charge is 0.416 e. The van der Waals surface area contributed by atoms with Crippen molar-refractivity contribution in [3.63, 3.8) is 0 Å². The molecule has 2 N–H and O–H groups in total. The zero-order valence-corrected chi connectivity index (χ0v) is 15.3. The molecular weight excluding hydrogens is 385 g/mol. The quantitative estimate of drug-likeness (QED) is 0.601. The summed E-state index contributed by atoms with van der Waals surface area (Å²) >= 11 is 0. The van der Waals surface area contributed by atoms with E-state index in [0.717, 1.165) is 12.1 Å². The molecule has 3 aromatic rings. The van der Waals surface area contributed by atoms with E-state index in [-0.39, 0.29) is 17.9 Å². The fourth-order valence-electron chi connectivity index (χ4n) is 2.77. The lowest BCUT2D eigenvalue weighted by Crippen LogP contribution is -2.07. The third kappa shape index (κ3) is 4.84. The molecule has 0 aliphatic rings. The molecule has 0 spiro atoms. The van der Waals surface area contributed by atoms with E-state index < -0.39 is 17.7 Å². The number of methoxy groups -OCH3 is 1. The molecule has 0 aliphatic heterocycles. The fraction of sp³-hybridized carbons (Fsp3) is 0.143. The number of hydrogen-bond donors (Lipinski definition) is 2. The molecule has 0 saturated heterocycles. The molecule has 150 valence electrons. The number of carboxylic acids is 1. The monoisotopic (exact) mass is 402 g/mol. The normalized spacial score (nSPS) is 11.2. The Morgan fingerprint density at radius 2 is 1.86 bits per heavy atom. The second kappa shape index (κ2) is 8.22. The highest BCUT2D eigenvalue weighted by atomic mass is 19.4. The van der Waals surface area contributed by atoms with Crippen molar-refractivity contribution in [2.45, 2.75) is 12.7 Å². The summed E-state index contributed by atoms with van der Waals surface area (Å²) in [5.41, 5.74) is 1.16. The van der Waals surface area contributed by atoms with Crippen LogP contribution in [0.1, 0.15) is 21.5 Å². The van der Waals surface area contributed by atoms with Crippen LogP contribution in [0.4, 0.5) is 19.0 Å². The number of carbonyl (C=O) groups is 1. The topological polar surface area (TPSA) is 71.5 Å². The SMILES string of the molecule is COc1ccc(-c2ccc(NCc3cccc(C(F)(F)F)c3)nc2)cc1C(=O)O. The summed E-state index contributed by atoms with van der Waals surface area (Å²) in [4.78, 5) is 15.6. The number of nitrogens with zero attached hydrogens (tertiary/aromatic N) is 1. The predicted octanol–water partition coefficient (Wildman–Crippen LogP) is 5.09. The average molecular weight is 402 g/mol. The van der Waals surface area contributed by atoms with Crippen molar-refractivity contribution in [1.82, 2.24) is 4.98 Å². The largest absolute Gasteiger partial charge is 0.496 e. The molecule has 1 aromatic heterocycles. The van der Waals surface area contributed by atoms with Gasteiger partial charge < -0.3 is 15.2 Å². The van der Waals surface area contributed by atoms with Gasteiger partial charge in [0.2, 0.25) is 0 Å². The van der Waals surface area contributed by atoms with E-state index in [4.69, 9.17) is 4.74 Å². The lowest BCUT2D eigenvalue weighted by Gasteiger charge is -2.11. The van der Waals surface area contributed by atoms with Crippen molar-refractivity contribution in [3.05, 3.63) is 77.5 Å². The third-order valence-corrected chi connectivity index (χ3v) is 4.25. The number of alkyl halides is 3. The Bertz CT molecular complexity index is 1020. The number of nitrogens with one attached hydrogen (secondary N) is 1. The van der Waals surface area contributed by atoms with Gasteiger partial charge in [-0.3, -0.25) is 0 Å². The van der Waals surface area contributed by atoms with E-state index >= 15 is 0 Å². The van der Waals surface area contributed by atoms with Crippen LogP contribution in [0, 0.1) is 0 Å². The van der Waals surface area contributed by atoms with Crippen LogP contribution in [0.3, 0.4) is 0 Å². The Morgan fingerprint density at radius 3 is 2.48 bits per heavy atom. The molecule has 5 nitrogen and oxygen atoms in total. The fourth-order valence-corrected chi connectivity index (χ4v) is 2.77. The van der Waals surface area contributed by atoms with Gasteiger partial charge in [0.1, 0.15) is 17.1 Å². The second-order valence-electron chi connectivity index (χ2n) is 6.20. The van der Waals surface area contributed by atoms with E-state index in [1.165, 1.54) is 19.2 Å². The van der Waals surface area contributed by atoms with Gasteiger partial charge in [-0.05, 0) is 47.5 Å². The standard InChI is InChI=1S/C21H17F3N2O3/c1-29-18-7-5-14(10-17(18)20(27)28)15-6-8-19(26-12-15)25-11-13-3-2-4-16(9-13)21(22,23)24/h2-10,12H,11H2,1H3,(H,25,26)(H,27,28). The van der Waals surface area contributed by atoms with E-state index in [9.17, 15) is 23.1 Å². The van der Waals surface area contributed by atoms with E-state index in [0.29, 0.717) is 22.5 Å². The van der Waals surface area contributed by atoms with Crippen molar-refractivity contribution in [2.24, 2.45) is 0 Å². The lowest BCUT2D eigenvalue weighted by molar-refractivity contribution is -0.137. The number of anilines is 1. The van der Waals surface area contributed by atoms with E-state index in [2.05, 4.69) is 10.3 Å². The summed E-state index contributed by atoms with van der Waals surface area (Å²) in [6.45, 7) is 0.183. The van der Waals surface area contributed by atoms with Crippen molar-refractivity contribution >= 4 is 11.8 Å². The third-order valence-electron chi connectivity index (χ3n) is 4.25. The predicted molar refractivity (Wildman–Crippen MR) is 102 cm³/mol. The van der Waals surface area contributed by atoms with Gasteiger partial charge in [-0.1, -0.05) is 18.2 Å². The molecule has 0 aliphatic carbocycles. The number of aromatic carboxylic acids is 1. The molecule has 2 aromatic carbocycles. The Labute approximate surface area is 164 Å². The summed E-state index contributed by atoms with van der Waals surface area (Å²) < 4.78 is 43.4. The molecule has 0 amide bonds. The van der Waals surface area contributed by atoms with Gasteiger partial charge in [-0.15, -0.1) is 0 Å². The molecular formula is C21H17F3N2O3. The Balaban J connectivity index is 1.73. The number of pyridine rings is 1. The summed E-state index contributed by atoms with van der Waals surface area (Å²) in [6, 6.07) is 13.3. The molecule has 29 heavy (non-hydrogen) atoms. The maximum Gasteiger partial charge on any atom is 0.416 e. The summed E-state index contributed by atoms with van der Waals surface area (Å²) in [6.07, 6.45) is -2.83. The van der Waals surface area contributed by atoms with E-state index in [1.807, 2.05) is 0 Å². The van der Waals surface area contributed by atoms with E-state index in [1.54, 1.807) is 36.5 Å². The first kappa shape index (κ1) is 20.2. The molecule has 1 heterocycles. The van der Waals surface area contributed by atoms with Crippen LogP contribution in [-0.4, -0.2) is 23.2 Å². The van der Waals surface area contributed by atoms with Gasteiger partial charge in [0.15, 0.2) is 0 Å². The molecule has 0 fully saturated rings. The van der Waals surface area contributed by atoms with Crippen LogP contribution in [0.2, 0.25) is 0 Å². The van der Waals surface area contributed by atoms with Crippen LogP contribution in [0.25, 0.3) is 11.1 Å². The first-order valence-electron chi connectivity index (χ1n) is 8.55. The minimum absolute atomic E-state index is 0.0387. The number of benzene rings is 2. The zero-order chi connectivity index (χ0) is 21.0. The van der Waals surface area contributed by atoms with Crippen molar-refractivity contribution in [3.8, 4) is 16.9 Å². The number of hydrogen-bond acceptors (Lipinski definition) is 4. The van der Waals surface area contributed by atoms with Gasteiger partial charge >= 0.3 is 12.1 Å². The van der Waals surface area contributed by atoms with Gasteiger partial charge in [-0.25, -0.2) is 9.78 Å². The minimum Gasteiger partial charge on any atom is -0.496 e. The van der Waals surface area contributed by atoms with Gasteiger partial charge in [0.05, 0.1) is 12.7 Å². The number of halogens is 3. The highest BCUT2D eigenvalue weighted by molar-refractivity contribution is 5.92. The number of carboxylic acid groups (broad SMARTS) is 1. The second-order valence-corrected chi connectivity index (χ2v) is 6.20. The Morgan fingerprint density at radius 1 is 1.10 bits per heavy atom. The summed E-state index contributed by atoms with van der Waals surface area (Å²) in [7, 11) is 1.40. The van der Waals surface area contributed by atoms with Crippen LogP contribution in [-0.2, 0) is 12.7 Å². The van der Waals surface area contributed by atoms with Crippen LogP contribution in [0.5, 0.6) is 5.75 Å². The average Bonchev–Trinajstić information content (AvgIpc) is 2.71. The molecule has 0 bridgehead atoms. The number of aromatic nitrogens is 1. The molecule has 0 unspecified atom stereocenters. The first-order chi connectivity index (χ1) is 13.8. The van der Waals surface area contributed by atoms with Gasteiger partial charge in [-0.2, -0.15) is 13.2 Å². The first-order valence-corrected chi connectivity index (χ1v) is 8.55. The summed E-state index contributed by atoms with van der Waals surface area (Å²) in [5, 5.41) is 12.3. The maximum absolute atomic E-state index is 12.8. The van der Waals surface area contributed by atoms with Crippen molar-refractivity contribution < 1.29 is 27.8 Å². The van der Waals surface area contributed by atoms with Crippen LogP contribution in [0.15, 0.2) is 60.8 Å². The zero-order valence-electron chi connectivity index (χ0n) is 15.3. The molecule has 0 radical (unpaired) electrons. The summed E-state index contributed by atoms with van der Waals surface area (Å²) in [5.74, 6) is -0.359. The highest BCUT2D eigenvalue weighted by Crippen LogP contribution is 2.30. The van der Waals surface area contributed by atoms with Crippen molar-refractivity contribution in [2.75, 3.05) is 12.4 Å².